The van der Waals surface area contributed by atoms with Crippen LogP contribution in [0.3, 0.4) is 0 Å². The van der Waals surface area contributed by atoms with Crippen molar-refractivity contribution in [2.75, 3.05) is 5.73 Å². The van der Waals surface area contributed by atoms with E-state index in [0.717, 1.165) is 10.9 Å². The van der Waals surface area contributed by atoms with Crippen molar-refractivity contribution < 1.29 is 9.53 Å². The van der Waals surface area contributed by atoms with Crippen LogP contribution in [-0.4, -0.2) is 21.6 Å². The summed E-state index contributed by atoms with van der Waals surface area (Å²) >= 11 is 0. The summed E-state index contributed by atoms with van der Waals surface area (Å²) in [5.41, 5.74) is 6.46. The van der Waals surface area contributed by atoms with E-state index in [1.165, 1.54) is 0 Å². The third kappa shape index (κ3) is 3.26. The van der Waals surface area contributed by atoms with E-state index < -0.39 is 0 Å². The molecule has 3 N–H and O–H groups in total. The third-order valence-corrected chi connectivity index (χ3v) is 3.28. The molecule has 0 fully saturated rings. The van der Waals surface area contributed by atoms with Gasteiger partial charge in [0.05, 0.1) is 5.52 Å². The molecule has 2 heterocycles. The van der Waals surface area contributed by atoms with Crippen LogP contribution in [0.4, 0.5) is 10.6 Å². The quantitative estimate of drug-likeness (QED) is 0.777. The average Bonchev–Trinajstić information content (AvgIpc) is 2.89. The largest absolute Gasteiger partial charge is 0.457 e. The van der Waals surface area contributed by atoms with Crippen molar-refractivity contribution in [1.82, 2.24) is 14.9 Å². The van der Waals surface area contributed by atoms with Crippen molar-refractivity contribution in [3.05, 3.63) is 48.8 Å². The Morgan fingerprint density at radius 3 is 2.74 bits per heavy atom. The fraction of sp³-hybridized carbons (Fsp3) is 0.176. The normalized spacial score (nSPS) is 10.9. The number of hydrogen-bond donors (Lipinski definition) is 2. The number of nitrogens with one attached hydrogen (secondary N) is 1. The number of amides is 1. The SMILES string of the molecule is CC(C)NC(=O)n1ccc2cc(Oc3ccnc(N)c3)ccc21. The van der Waals surface area contributed by atoms with Crippen LogP contribution in [0.1, 0.15) is 13.8 Å². The van der Waals surface area contributed by atoms with E-state index in [0.29, 0.717) is 17.3 Å². The van der Waals surface area contributed by atoms with E-state index in [2.05, 4.69) is 10.3 Å². The van der Waals surface area contributed by atoms with Gasteiger partial charge in [-0.3, -0.25) is 4.57 Å². The maximum Gasteiger partial charge on any atom is 0.326 e. The van der Waals surface area contributed by atoms with Gasteiger partial charge in [-0.2, -0.15) is 0 Å². The molecule has 1 amide bonds. The van der Waals surface area contributed by atoms with Gasteiger partial charge in [0.2, 0.25) is 0 Å². The molecule has 0 atom stereocenters. The number of benzene rings is 1. The fourth-order valence-corrected chi connectivity index (χ4v) is 2.31. The molecule has 0 aliphatic heterocycles. The van der Waals surface area contributed by atoms with Crippen molar-refractivity contribution in [2.45, 2.75) is 19.9 Å². The van der Waals surface area contributed by atoms with Crippen molar-refractivity contribution in [3.8, 4) is 11.5 Å². The highest BCUT2D eigenvalue weighted by molar-refractivity contribution is 5.92. The monoisotopic (exact) mass is 310 g/mol. The van der Waals surface area contributed by atoms with Crippen LogP contribution in [0, 0.1) is 0 Å². The molecular formula is C17H18N4O2. The lowest BCUT2D eigenvalue weighted by molar-refractivity contribution is 0.241. The number of pyridine rings is 1. The summed E-state index contributed by atoms with van der Waals surface area (Å²) in [5, 5.41) is 3.79. The maximum absolute atomic E-state index is 12.1. The van der Waals surface area contributed by atoms with Crippen LogP contribution in [0.5, 0.6) is 11.5 Å². The van der Waals surface area contributed by atoms with Crippen molar-refractivity contribution in [3.63, 3.8) is 0 Å². The Bertz CT molecular complexity index is 855. The number of aromatic nitrogens is 2. The zero-order chi connectivity index (χ0) is 16.4. The highest BCUT2D eigenvalue weighted by atomic mass is 16.5. The first-order valence-electron chi connectivity index (χ1n) is 7.34. The molecule has 23 heavy (non-hydrogen) atoms. The number of carbonyl (C=O) groups excluding carboxylic acids is 1. The predicted octanol–water partition coefficient (Wildman–Crippen LogP) is 3.38. The van der Waals surface area contributed by atoms with Gasteiger partial charge in [0.15, 0.2) is 0 Å². The number of fused-ring (bicyclic) bond motifs is 1. The van der Waals surface area contributed by atoms with Gasteiger partial charge in [-0.1, -0.05) is 0 Å². The van der Waals surface area contributed by atoms with Crippen LogP contribution in [0.25, 0.3) is 10.9 Å². The molecular weight excluding hydrogens is 292 g/mol. The standard InChI is InChI=1S/C17H18N4O2/c1-11(2)20-17(22)21-8-6-12-9-13(3-4-15(12)21)23-14-5-7-19-16(18)10-14/h3-11H,1-2H3,(H2,18,19)(H,20,22). The molecule has 0 radical (unpaired) electrons. The van der Waals surface area contributed by atoms with E-state index in [1.54, 1.807) is 29.1 Å². The van der Waals surface area contributed by atoms with E-state index >= 15 is 0 Å². The molecule has 0 bridgehead atoms. The fourth-order valence-electron chi connectivity index (χ4n) is 2.31. The van der Waals surface area contributed by atoms with Crippen LogP contribution in [-0.2, 0) is 0 Å². The van der Waals surface area contributed by atoms with Gasteiger partial charge in [0.25, 0.3) is 0 Å². The summed E-state index contributed by atoms with van der Waals surface area (Å²) in [7, 11) is 0. The lowest BCUT2D eigenvalue weighted by Crippen LogP contribution is -2.33. The highest BCUT2D eigenvalue weighted by Crippen LogP contribution is 2.26. The van der Waals surface area contributed by atoms with E-state index in [9.17, 15) is 4.79 Å². The van der Waals surface area contributed by atoms with Gasteiger partial charge < -0.3 is 15.8 Å². The molecule has 3 aromatic rings. The Labute approximate surface area is 133 Å². The van der Waals surface area contributed by atoms with Crippen LogP contribution < -0.4 is 15.8 Å². The molecule has 0 aliphatic carbocycles. The summed E-state index contributed by atoms with van der Waals surface area (Å²) < 4.78 is 7.36. The lowest BCUT2D eigenvalue weighted by atomic mass is 10.2. The summed E-state index contributed by atoms with van der Waals surface area (Å²) in [4.78, 5) is 16.1. The lowest BCUT2D eigenvalue weighted by Gasteiger charge is -2.10. The number of nitrogen functional groups attached to an aromatic ring is 1. The summed E-state index contributed by atoms with van der Waals surface area (Å²) in [6.07, 6.45) is 3.34. The number of anilines is 1. The number of nitrogens with two attached hydrogens (primary N) is 1. The van der Waals surface area contributed by atoms with Crippen molar-refractivity contribution in [2.24, 2.45) is 0 Å². The molecule has 0 spiro atoms. The predicted molar refractivity (Wildman–Crippen MR) is 89.7 cm³/mol. The first kappa shape index (κ1) is 14.9. The Morgan fingerprint density at radius 2 is 2.00 bits per heavy atom. The first-order chi connectivity index (χ1) is 11.0. The average molecular weight is 310 g/mol. The van der Waals surface area contributed by atoms with Gasteiger partial charge in [0.1, 0.15) is 17.3 Å². The second-order valence-corrected chi connectivity index (χ2v) is 5.53. The number of carbonyl (C=O) groups is 1. The summed E-state index contributed by atoms with van der Waals surface area (Å²) in [5.74, 6) is 1.69. The summed E-state index contributed by atoms with van der Waals surface area (Å²) in [6, 6.07) is 10.8. The van der Waals surface area contributed by atoms with E-state index in [1.807, 2.05) is 38.1 Å². The minimum atomic E-state index is -0.148. The zero-order valence-corrected chi connectivity index (χ0v) is 13.0. The van der Waals surface area contributed by atoms with E-state index in [4.69, 9.17) is 10.5 Å². The van der Waals surface area contributed by atoms with E-state index in [-0.39, 0.29) is 12.1 Å². The minimum absolute atomic E-state index is 0.0831. The third-order valence-electron chi connectivity index (χ3n) is 3.28. The Balaban J connectivity index is 1.87. The number of rotatable bonds is 3. The van der Waals surface area contributed by atoms with Crippen LogP contribution in [0.2, 0.25) is 0 Å². The van der Waals surface area contributed by atoms with Crippen molar-refractivity contribution >= 4 is 22.8 Å². The Morgan fingerprint density at radius 1 is 1.22 bits per heavy atom. The van der Waals surface area contributed by atoms with Gasteiger partial charge in [-0.25, -0.2) is 9.78 Å². The van der Waals surface area contributed by atoms with Gasteiger partial charge in [-0.15, -0.1) is 0 Å². The zero-order valence-electron chi connectivity index (χ0n) is 13.0. The van der Waals surface area contributed by atoms with Crippen LogP contribution >= 0.6 is 0 Å². The molecule has 6 heteroatoms. The molecule has 3 rings (SSSR count). The van der Waals surface area contributed by atoms with Gasteiger partial charge in [0, 0.05) is 29.9 Å². The molecule has 1 aromatic carbocycles. The molecule has 0 unspecified atom stereocenters. The maximum atomic E-state index is 12.1. The Hall–Kier alpha value is -3.02. The molecule has 0 saturated carbocycles. The second-order valence-electron chi connectivity index (χ2n) is 5.53. The molecule has 118 valence electrons. The minimum Gasteiger partial charge on any atom is -0.457 e. The highest BCUT2D eigenvalue weighted by Gasteiger charge is 2.10. The number of ether oxygens (including phenoxy) is 1. The topological polar surface area (TPSA) is 82.2 Å². The van der Waals surface area contributed by atoms with Crippen LogP contribution in [0.15, 0.2) is 48.8 Å². The molecule has 0 aliphatic rings. The second kappa shape index (κ2) is 6.00. The smallest absolute Gasteiger partial charge is 0.326 e. The summed E-state index contributed by atoms with van der Waals surface area (Å²) in [6.45, 7) is 3.85. The van der Waals surface area contributed by atoms with Gasteiger partial charge >= 0.3 is 6.03 Å². The number of hydrogen-bond acceptors (Lipinski definition) is 4. The molecule has 2 aromatic heterocycles. The van der Waals surface area contributed by atoms with Crippen molar-refractivity contribution in [1.29, 1.82) is 0 Å². The molecule has 0 saturated heterocycles. The molecule has 6 nitrogen and oxygen atoms in total. The number of nitrogens with zero attached hydrogens (tertiary/aromatic N) is 2. The Kier molecular flexibility index (Phi) is 3.89. The van der Waals surface area contributed by atoms with Gasteiger partial charge in [-0.05, 0) is 44.2 Å². The first-order valence-corrected chi connectivity index (χ1v) is 7.34.